The van der Waals surface area contributed by atoms with Crippen LogP contribution in [0, 0.1) is 6.92 Å². The van der Waals surface area contributed by atoms with E-state index < -0.39 is 27.7 Å². The highest BCUT2D eigenvalue weighted by molar-refractivity contribution is 7.93. The van der Waals surface area contributed by atoms with Crippen LogP contribution in [-0.4, -0.2) is 26.6 Å². The van der Waals surface area contributed by atoms with Gasteiger partial charge in [0.25, 0.3) is 5.91 Å². The summed E-state index contributed by atoms with van der Waals surface area (Å²) in [5.41, 5.74) is 0.373. The summed E-state index contributed by atoms with van der Waals surface area (Å²) >= 11 is 0. The molecular weight excluding hydrogens is 381 g/mol. The first kappa shape index (κ1) is 19.2. The maximum absolute atomic E-state index is 12.8. The van der Waals surface area contributed by atoms with Crippen molar-refractivity contribution in [3.05, 3.63) is 59.2 Å². The van der Waals surface area contributed by atoms with E-state index in [9.17, 15) is 26.4 Å². The molecule has 2 aromatic rings. The van der Waals surface area contributed by atoms with Crippen LogP contribution in [0.15, 0.2) is 42.5 Å². The number of hydrogen-bond acceptors (Lipinski definition) is 3. The molecule has 1 aliphatic rings. The summed E-state index contributed by atoms with van der Waals surface area (Å²) in [5.74, 6) is -0.641. The highest BCUT2D eigenvalue weighted by atomic mass is 32.2. The third-order valence-corrected chi connectivity index (χ3v) is 6.18. The number of hydrogen-bond donors (Lipinski definition) is 1. The molecule has 27 heavy (non-hydrogen) atoms. The zero-order valence-corrected chi connectivity index (χ0v) is 15.2. The number of carbonyl (C=O) groups excluding carboxylic acids is 1. The molecule has 1 saturated heterocycles. The molecule has 0 aromatic heterocycles. The highest BCUT2D eigenvalue weighted by Crippen LogP contribution is 2.31. The molecule has 1 fully saturated rings. The summed E-state index contributed by atoms with van der Waals surface area (Å²) in [5, 5.41) is 2.57. The molecule has 0 atom stereocenters. The van der Waals surface area contributed by atoms with Gasteiger partial charge in [-0.15, -0.1) is 0 Å². The fraction of sp³-hybridized carbons (Fsp3) is 0.278. The van der Waals surface area contributed by atoms with Gasteiger partial charge in [0.15, 0.2) is 0 Å². The lowest BCUT2D eigenvalue weighted by atomic mass is 10.1. The zero-order valence-electron chi connectivity index (χ0n) is 14.4. The van der Waals surface area contributed by atoms with Crippen molar-refractivity contribution in [2.24, 2.45) is 0 Å². The summed E-state index contributed by atoms with van der Waals surface area (Å²) in [7, 11) is -3.38. The lowest BCUT2D eigenvalue weighted by Gasteiger charge is -2.19. The van der Waals surface area contributed by atoms with Crippen molar-refractivity contribution in [3.8, 4) is 0 Å². The van der Waals surface area contributed by atoms with Gasteiger partial charge in [-0.2, -0.15) is 13.2 Å². The first-order chi connectivity index (χ1) is 12.6. The van der Waals surface area contributed by atoms with E-state index in [4.69, 9.17) is 0 Å². The van der Waals surface area contributed by atoms with Crippen molar-refractivity contribution >= 4 is 27.3 Å². The predicted octanol–water partition coefficient (Wildman–Crippen LogP) is 3.81. The third kappa shape index (κ3) is 4.08. The van der Waals surface area contributed by atoms with E-state index in [0.29, 0.717) is 29.9 Å². The fourth-order valence-electron chi connectivity index (χ4n) is 2.86. The number of nitrogens with one attached hydrogen (secondary N) is 1. The largest absolute Gasteiger partial charge is 0.416 e. The minimum atomic E-state index is -4.55. The van der Waals surface area contributed by atoms with E-state index in [2.05, 4.69) is 5.32 Å². The molecule has 0 saturated carbocycles. The molecule has 1 amide bonds. The summed E-state index contributed by atoms with van der Waals surface area (Å²) in [4.78, 5) is 12.4. The molecule has 0 aliphatic carbocycles. The Balaban J connectivity index is 1.87. The smallest absolute Gasteiger partial charge is 0.322 e. The van der Waals surface area contributed by atoms with Gasteiger partial charge in [-0.05, 0) is 49.2 Å². The maximum atomic E-state index is 12.8. The Morgan fingerprint density at radius 1 is 1.15 bits per heavy atom. The van der Waals surface area contributed by atoms with E-state index in [0.717, 1.165) is 18.2 Å². The second-order valence-corrected chi connectivity index (χ2v) is 8.29. The quantitative estimate of drug-likeness (QED) is 0.855. The van der Waals surface area contributed by atoms with Crippen LogP contribution in [0.1, 0.15) is 27.9 Å². The lowest BCUT2D eigenvalue weighted by molar-refractivity contribution is -0.137. The Labute approximate surface area is 154 Å². The molecule has 0 radical (unpaired) electrons. The molecule has 9 heteroatoms. The van der Waals surface area contributed by atoms with Gasteiger partial charge in [0.2, 0.25) is 10.0 Å². The average Bonchev–Trinajstić information content (AvgIpc) is 2.95. The van der Waals surface area contributed by atoms with Crippen LogP contribution >= 0.6 is 0 Å². The second-order valence-electron chi connectivity index (χ2n) is 6.27. The van der Waals surface area contributed by atoms with Gasteiger partial charge < -0.3 is 5.32 Å². The van der Waals surface area contributed by atoms with E-state index >= 15 is 0 Å². The number of rotatable bonds is 3. The monoisotopic (exact) mass is 398 g/mol. The molecule has 0 bridgehead atoms. The van der Waals surface area contributed by atoms with Gasteiger partial charge in [-0.25, -0.2) is 8.42 Å². The molecule has 3 rings (SSSR count). The van der Waals surface area contributed by atoms with Crippen LogP contribution in [0.3, 0.4) is 0 Å². The van der Waals surface area contributed by atoms with Crippen LogP contribution in [-0.2, 0) is 16.2 Å². The minimum Gasteiger partial charge on any atom is -0.322 e. The van der Waals surface area contributed by atoms with Crippen molar-refractivity contribution in [2.45, 2.75) is 19.5 Å². The molecular formula is C18H17F3N2O3S. The highest BCUT2D eigenvalue weighted by Gasteiger charge is 2.31. The van der Waals surface area contributed by atoms with Gasteiger partial charge in [0, 0.05) is 17.8 Å². The first-order valence-corrected chi connectivity index (χ1v) is 9.78. The van der Waals surface area contributed by atoms with Gasteiger partial charge in [0.1, 0.15) is 0 Å². The molecule has 0 spiro atoms. The minimum absolute atomic E-state index is 0.0623. The summed E-state index contributed by atoms with van der Waals surface area (Å²) in [6.45, 7) is 2.07. The van der Waals surface area contributed by atoms with E-state index in [1.165, 1.54) is 16.4 Å². The van der Waals surface area contributed by atoms with Gasteiger partial charge >= 0.3 is 6.18 Å². The number of alkyl halides is 3. The molecule has 0 unspecified atom stereocenters. The number of sulfonamides is 1. The molecule has 5 nitrogen and oxygen atoms in total. The number of halogens is 3. The van der Waals surface area contributed by atoms with Gasteiger partial charge in [-0.3, -0.25) is 9.10 Å². The van der Waals surface area contributed by atoms with Crippen molar-refractivity contribution in [3.63, 3.8) is 0 Å². The van der Waals surface area contributed by atoms with Crippen molar-refractivity contribution in [1.82, 2.24) is 0 Å². The summed E-state index contributed by atoms with van der Waals surface area (Å²) in [6.07, 6.45) is -4.03. The van der Waals surface area contributed by atoms with E-state index in [-0.39, 0.29) is 11.3 Å². The molecule has 1 heterocycles. The Kier molecular flexibility index (Phi) is 4.90. The van der Waals surface area contributed by atoms with E-state index in [1.54, 1.807) is 19.1 Å². The third-order valence-electron chi connectivity index (χ3n) is 4.31. The van der Waals surface area contributed by atoms with Crippen LogP contribution in [0.25, 0.3) is 0 Å². The summed E-state index contributed by atoms with van der Waals surface area (Å²) in [6, 6.07) is 8.93. The van der Waals surface area contributed by atoms with Gasteiger partial charge in [-0.1, -0.05) is 12.1 Å². The van der Waals surface area contributed by atoms with Crippen molar-refractivity contribution < 1.29 is 26.4 Å². The van der Waals surface area contributed by atoms with Crippen LogP contribution in [0.5, 0.6) is 0 Å². The van der Waals surface area contributed by atoms with Crippen molar-refractivity contribution in [1.29, 1.82) is 0 Å². The van der Waals surface area contributed by atoms with Gasteiger partial charge in [0.05, 0.1) is 17.0 Å². The lowest BCUT2D eigenvalue weighted by Crippen LogP contribution is -2.25. The average molecular weight is 398 g/mol. The maximum Gasteiger partial charge on any atom is 0.416 e. The number of carbonyl (C=O) groups is 1. The summed E-state index contributed by atoms with van der Waals surface area (Å²) < 4.78 is 63.9. The number of nitrogens with zero attached hydrogens (tertiary/aromatic N) is 1. The topological polar surface area (TPSA) is 66.5 Å². The Morgan fingerprint density at radius 2 is 1.89 bits per heavy atom. The Hall–Kier alpha value is -2.55. The molecule has 2 aromatic carbocycles. The SMILES string of the molecule is Cc1ccc(N2CCCS2(=O)=O)cc1NC(=O)c1cccc(C(F)(F)F)c1. The Morgan fingerprint density at radius 3 is 2.52 bits per heavy atom. The van der Waals surface area contributed by atoms with Crippen LogP contribution < -0.4 is 9.62 Å². The van der Waals surface area contributed by atoms with Crippen molar-refractivity contribution in [2.75, 3.05) is 21.9 Å². The van der Waals surface area contributed by atoms with E-state index in [1.807, 2.05) is 0 Å². The predicted molar refractivity (Wildman–Crippen MR) is 96.3 cm³/mol. The number of aryl methyl sites for hydroxylation is 1. The molecule has 1 N–H and O–H groups in total. The standard InChI is InChI=1S/C18H17F3N2O3S/c1-12-6-7-15(23-8-3-9-27(23,25)26)11-16(12)22-17(24)13-4-2-5-14(10-13)18(19,20)21/h2,4-7,10-11H,3,8-9H2,1H3,(H,22,24). The number of anilines is 2. The number of benzene rings is 2. The van der Waals surface area contributed by atoms with Crippen LogP contribution in [0.2, 0.25) is 0 Å². The normalized spacial score (nSPS) is 16.4. The second kappa shape index (κ2) is 6.88. The Bertz CT molecular complexity index is 988. The fourth-order valence-corrected chi connectivity index (χ4v) is 4.42. The number of amides is 1. The molecule has 144 valence electrons. The van der Waals surface area contributed by atoms with Crippen LogP contribution in [0.4, 0.5) is 24.5 Å². The zero-order chi connectivity index (χ0) is 19.8. The molecule has 1 aliphatic heterocycles. The first-order valence-electron chi connectivity index (χ1n) is 8.17.